The summed E-state index contributed by atoms with van der Waals surface area (Å²) in [7, 11) is 1.23. The van der Waals surface area contributed by atoms with Crippen molar-refractivity contribution in [1.29, 1.82) is 0 Å². The Hall–Kier alpha value is -2.88. The monoisotopic (exact) mass is 415 g/mol. The summed E-state index contributed by atoms with van der Waals surface area (Å²) in [6.45, 7) is 1.71. The van der Waals surface area contributed by atoms with Crippen molar-refractivity contribution in [3.05, 3.63) is 63.8 Å². The van der Waals surface area contributed by atoms with Crippen molar-refractivity contribution in [2.75, 3.05) is 5.32 Å². The van der Waals surface area contributed by atoms with Crippen LogP contribution in [-0.2, 0) is 19.8 Å². The molecule has 1 amide bonds. The zero-order chi connectivity index (χ0) is 20.6. The number of halogens is 5. The second-order valence-corrected chi connectivity index (χ2v) is 6.43. The van der Waals surface area contributed by atoms with Gasteiger partial charge in [-0.2, -0.15) is 23.4 Å². The van der Waals surface area contributed by atoms with Crippen LogP contribution in [0.1, 0.15) is 27.4 Å². The fourth-order valence-electron chi connectivity index (χ4n) is 2.56. The minimum Gasteiger partial charge on any atom is -0.304 e. The van der Waals surface area contributed by atoms with Crippen LogP contribution in [0.25, 0.3) is 0 Å². The number of hydrogen-bond donors (Lipinski definition) is 1. The van der Waals surface area contributed by atoms with Gasteiger partial charge in [0, 0.05) is 35.5 Å². The van der Waals surface area contributed by atoms with Gasteiger partial charge < -0.3 is 5.32 Å². The number of carbonyl (C=O) groups excluding carboxylic acids is 1. The molecule has 0 saturated carbocycles. The van der Waals surface area contributed by atoms with E-state index >= 15 is 0 Å². The molecule has 0 fully saturated rings. The van der Waals surface area contributed by atoms with Gasteiger partial charge in [0.15, 0.2) is 11.5 Å². The second kappa shape index (κ2) is 7.27. The first-order valence-corrected chi connectivity index (χ1v) is 8.34. The maximum Gasteiger partial charge on any atom is 0.435 e. The molecule has 148 valence electrons. The van der Waals surface area contributed by atoms with Gasteiger partial charge in [-0.3, -0.25) is 14.2 Å². The molecule has 0 aliphatic heterocycles. The molecule has 0 aliphatic rings. The Morgan fingerprint density at radius 3 is 2.57 bits per heavy atom. The Morgan fingerprint density at radius 2 is 1.96 bits per heavy atom. The number of benzene rings is 1. The normalized spacial score (nSPS) is 11.7. The first-order chi connectivity index (χ1) is 13.1. The van der Waals surface area contributed by atoms with E-state index in [1.807, 2.05) is 0 Å². The fraction of sp³-hybridized carbons (Fsp3) is 0.235. The minimum atomic E-state index is -4.66. The highest BCUT2D eigenvalue weighted by atomic mass is 35.5. The van der Waals surface area contributed by atoms with Gasteiger partial charge in [-0.05, 0) is 19.1 Å². The molecule has 3 aromatic rings. The average molecular weight is 416 g/mol. The molecular formula is C17H14ClF4N5O. The smallest absolute Gasteiger partial charge is 0.304 e. The van der Waals surface area contributed by atoms with Crippen molar-refractivity contribution < 1.29 is 22.4 Å². The summed E-state index contributed by atoms with van der Waals surface area (Å²) in [4.78, 5) is 12.3. The van der Waals surface area contributed by atoms with Crippen LogP contribution in [0.4, 0.5) is 23.4 Å². The van der Waals surface area contributed by atoms with Crippen LogP contribution in [0.15, 0.2) is 30.3 Å². The number of nitrogens with zero attached hydrogens (tertiary/aromatic N) is 4. The van der Waals surface area contributed by atoms with E-state index < -0.39 is 23.6 Å². The van der Waals surface area contributed by atoms with E-state index in [9.17, 15) is 22.4 Å². The van der Waals surface area contributed by atoms with Crippen LogP contribution in [0.3, 0.4) is 0 Å². The van der Waals surface area contributed by atoms with E-state index in [1.165, 1.54) is 29.9 Å². The third-order valence-corrected chi connectivity index (χ3v) is 4.35. The van der Waals surface area contributed by atoms with Crippen LogP contribution < -0.4 is 5.32 Å². The molecule has 3 rings (SSSR count). The van der Waals surface area contributed by atoms with Gasteiger partial charge in [0.1, 0.15) is 11.5 Å². The van der Waals surface area contributed by atoms with Crippen molar-refractivity contribution >= 4 is 23.3 Å². The van der Waals surface area contributed by atoms with Crippen molar-refractivity contribution in [3.63, 3.8) is 0 Å². The van der Waals surface area contributed by atoms with E-state index in [4.69, 9.17) is 11.6 Å². The van der Waals surface area contributed by atoms with Crippen LogP contribution >= 0.6 is 11.6 Å². The highest BCUT2D eigenvalue weighted by Gasteiger charge is 2.35. The molecule has 2 aromatic heterocycles. The summed E-state index contributed by atoms with van der Waals surface area (Å²) in [6.07, 6.45) is -4.66. The number of amides is 1. The molecule has 0 unspecified atom stereocenters. The number of alkyl halides is 3. The summed E-state index contributed by atoms with van der Waals surface area (Å²) >= 11 is 6.01. The number of anilines is 1. The average Bonchev–Trinajstić information content (AvgIpc) is 3.14. The van der Waals surface area contributed by atoms with Gasteiger partial charge in [0.25, 0.3) is 5.91 Å². The minimum absolute atomic E-state index is 0.0249. The lowest BCUT2D eigenvalue weighted by Gasteiger charge is -2.07. The molecule has 0 spiro atoms. The molecule has 0 saturated heterocycles. The van der Waals surface area contributed by atoms with E-state index in [-0.39, 0.29) is 28.6 Å². The molecule has 0 radical (unpaired) electrons. The van der Waals surface area contributed by atoms with Crippen molar-refractivity contribution in [3.8, 4) is 0 Å². The van der Waals surface area contributed by atoms with Crippen LogP contribution in [0, 0.1) is 12.7 Å². The Labute approximate surface area is 161 Å². The summed E-state index contributed by atoms with van der Waals surface area (Å²) in [5, 5.41) is 10.1. The third-order valence-electron chi connectivity index (χ3n) is 4.00. The lowest BCUT2D eigenvalue weighted by Crippen LogP contribution is -2.16. The molecule has 0 atom stereocenters. The van der Waals surface area contributed by atoms with Gasteiger partial charge in [0.05, 0.1) is 6.54 Å². The Balaban J connectivity index is 1.80. The predicted octanol–water partition coefficient (Wildman–Crippen LogP) is 4.04. The maximum absolute atomic E-state index is 14.0. The zero-order valence-corrected chi connectivity index (χ0v) is 15.4. The first-order valence-electron chi connectivity index (χ1n) is 7.96. The number of hydrogen-bond acceptors (Lipinski definition) is 3. The van der Waals surface area contributed by atoms with Gasteiger partial charge in [-0.15, -0.1) is 0 Å². The number of carbonyl (C=O) groups is 1. The van der Waals surface area contributed by atoms with Gasteiger partial charge in [0.2, 0.25) is 0 Å². The van der Waals surface area contributed by atoms with Crippen LogP contribution in [-0.4, -0.2) is 25.5 Å². The van der Waals surface area contributed by atoms with E-state index in [0.29, 0.717) is 11.8 Å². The van der Waals surface area contributed by atoms with Gasteiger partial charge in [-0.25, -0.2) is 4.39 Å². The molecule has 11 heteroatoms. The highest BCUT2D eigenvalue weighted by molar-refractivity contribution is 6.31. The summed E-state index contributed by atoms with van der Waals surface area (Å²) < 4.78 is 54.4. The third kappa shape index (κ3) is 4.01. The number of aryl methyl sites for hydroxylation is 2. The van der Waals surface area contributed by atoms with Crippen molar-refractivity contribution in [1.82, 2.24) is 19.6 Å². The van der Waals surface area contributed by atoms with Gasteiger partial charge in [-0.1, -0.05) is 17.7 Å². The Kier molecular flexibility index (Phi) is 5.16. The molecule has 6 nitrogen and oxygen atoms in total. The highest BCUT2D eigenvalue weighted by Crippen LogP contribution is 2.28. The maximum atomic E-state index is 14.0. The molecule has 0 aliphatic carbocycles. The standard InChI is InChI=1S/C17H14ClF4N5O/c1-9-6-15(25-27(9)8-10-11(18)4-3-5-12(10)19)23-16(28)13-7-14(17(20,21)22)24-26(13)2/h3-7H,8H2,1-2H3,(H,23,25,28). The van der Waals surface area contributed by atoms with Crippen LogP contribution in [0.5, 0.6) is 0 Å². The lowest BCUT2D eigenvalue weighted by atomic mass is 10.2. The first kappa shape index (κ1) is 19.9. The Bertz CT molecular complexity index is 1020. The number of rotatable bonds is 4. The van der Waals surface area contributed by atoms with Crippen molar-refractivity contribution in [2.24, 2.45) is 7.05 Å². The van der Waals surface area contributed by atoms with E-state index in [2.05, 4.69) is 15.5 Å². The van der Waals surface area contributed by atoms with E-state index in [0.717, 1.165) is 4.68 Å². The number of nitrogens with one attached hydrogen (secondary N) is 1. The topological polar surface area (TPSA) is 64.7 Å². The summed E-state index contributed by atoms with van der Waals surface area (Å²) in [6, 6.07) is 6.45. The molecule has 0 bridgehead atoms. The van der Waals surface area contributed by atoms with E-state index in [1.54, 1.807) is 13.0 Å². The molecular weight excluding hydrogens is 402 g/mol. The lowest BCUT2D eigenvalue weighted by molar-refractivity contribution is -0.141. The van der Waals surface area contributed by atoms with Crippen molar-refractivity contribution in [2.45, 2.75) is 19.6 Å². The SMILES string of the molecule is Cc1cc(NC(=O)c2cc(C(F)(F)F)nn2C)nn1Cc1c(F)cccc1Cl. The predicted molar refractivity (Wildman–Crippen MR) is 93.6 cm³/mol. The molecule has 1 aromatic carbocycles. The number of aromatic nitrogens is 4. The van der Waals surface area contributed by atoms with Crippen LogP contribution in [0.2, 0.25) is 5.02 Å². The summed E-state index contributed by atoms with van der Waals surface area (Å²) in [5.41, 5.74) is -0.627. The second-order valence-electron chi connectivity index (χ2n) is 6.02. The molecule has 28 heavy (non-hydrogen) atoms. The zero-order valence-electron chi connectivity index (χ0n) is 14.7. The largest absolute Gasteiger partial charge is 0.435 e. The molecule has 1 N–H and O–H groups in total. The van der Waals surface area contributed by atoms with Gasteiger partial charge >= 0.3 is 6.18 Å². The molecule has 2 heterocycles. The summed E-state index contributed by atoms with van der Waals surface area (Å²) in [5.74, 6) is -1.20. The Morgan fingerprint density at radius 1 is 1.25 bits per heavy atom. The fourth-order valence-corrected chi connectivity index (χ4v) is 2.79. The quantitative estimate of drug-likeness (QED) is 0.654.